The van der Waals surface area contributed by atoms with Crippen LogP contribution in [0.1, 0.15) is 22.0 Å². The second-order valence-electron chi connectivity index (χ2n) is 5.89. The monoisotopic (exact) mass is 383 g/mol. The number of hydrogen-bond acceptors (Lipinski definition) is 6. The third kappa shape index (κ3) is 3.24. The fraction of sp³-hybridized carbons (Fsp3) is 0.105. The molecular weight excluding hydrogens is 370 g/mol. The molecule has 0 atom stereocenters. The Balaban J connectivity index is 1.53. The molecule has 27 heavy (non-hydrogen) atoms. The van der Waals surface area contributed by atoms with Crippen LogP contribution in [0, 0.1) is 6.92 Å². The lowest BCUT2D eigenvalue weighted by Crippen LogP contribution is -2.23. The Morgan fingerprint density at radius 2 is 2.07 bits per heavy atom. The number of aromatic nitrogens is 2. The molecule has 8 heteroatoms. The maximum atomic E-state index is 12.6. The number of nitrogens with zero attached hydrogens (tertiary/aromatic N) is 2. The lowest BCUT2D eigenvalue weighted by molar-refractivity contribution is 0.0946. The Morgan fingerprint density at radius 3 is 2.89 bits per heavy atom. The average Bonchev–Trinajstić information content (AvgIpc) is 3.23. The molecule has 0 unspecified atom stereocenters. The van der Waals surface area contributed by atoms with Crippen molar-refractivity contribution in [1.29, 1.82) is 0 Å². The molecule has 7 nitrogen and oxygen atoms in total. The van der Waals surface area contributed by atoms with Crippen molar-refractivity contribution in [2.24, 2.45) is 0 Å². The molecule has 136 valence electrons. The van der Waals surface area contributed by atoms with Gasteiger partial charge in [-0.25, -0.2) is 0 Å². The highest BCUT2D eigenvalue weighted by atomic mass is 35.5. The lowest BCUT2D eigenvalue weighted by Gasteiger charge is -2.02. The van der Waals surface area contributed by atoms with Crippen LogP contribution >= 0.6 is 11.6 Å². The number of amides is 1. The van der Waals surface area contributed by atoms with Gasteiger partial charge in [0.1, 0.15) is 17.1 Å². The summed E-state index contributed by atoms with van der Waals surface area (Å²) in [6.07, 6.45) is 0. The number of furan rings is 1. The third-order valence-electron chi connectivity index (χ3n) is 4.06. The number of nitrogens with one attached hydrogen (secondary N) is 1. The zero-order valence-electron chi connectivity index (χ0n) is 14.2. The van der Waals surface area contributed by atoms with Crippen molar-refractivity contribution >= 4 is 28.5 Å². The van der Waals surface area contributed by atoms with E-state index in [1.807, 2.05) is 12.1 Å². The second kappa shape index (κ2) is 6.77. The number of aryl methyl sites for hydroxylation is 1. The molecule has 4 rings (SSSR count). The van der Waals surface area contributed by atoms with Crippen molar-refractivity contribution in [1.82, 2.24) is 15.5 Å². The zero-order chi connectivity index (χ0) is 19.0. The summed E-state index contributed by atoms with van der Waals surface area (Å²) in [5.41, 5.74) is 1.52. The van der Waals surface area contributed by atoms with Gasteiger partial charge in [0.05, 0.1) is 17.1 Å². The van der Waals surface area contributed by atoms with Crippen LogP contribution in [0.2, 0.25) is 5.02 Å². The van der Waals surface area contributed by atoms with E-state index >= 15 is 0 Å². The predicted molar refractivity (Wildman–Crippen MR) is 98.5 cm³/mol. The summed E-state index contributed by atoms with van der Waals surface area (Å²) < 4.78 is 10.7. The standard InChI is InChI=1S/C19H14ClN3O4/c1-10-17(13-8-11(24)6-7-15(13)26-10)19(25)21-9-16-22-18(23-27-16)12-4-2-3-5-14(12)20/h2-8,24H,9H2,1H3,(H,21,25). The molecule has 0 radical (unpaired) electrons. The van der Waals surface area contributed by atoms with E-state index in [0.717, 1.165) is 0 Å². The molecular formula is C19H14ClN3O4. The van der Waals surface area contributed by atoms with Crippen LogP contribution in [0.3, 0.4) is 0 Å². The smallest absolute Gasteiger partial charge is 0.255 e. The van der Waals surface area contributed by atoms with Crippen LogP contribution in [0.4, 0.5) is 0 Å². The number of hydrogen-bond donors (Lipinski definition) is 2. The summed E-state index contributed by atoms with van der Waals surface area (Å²) in [7, 11) is 0. The number of carbonyl (C=O) groups excluding carboxylic acids is 1. The number of aromatic hydroxyl groups is 1. The maximum absolute atomic E-state index is 12.6. The topological polar surface area (TPSA) is 101 Å². The van der Waals surface area contributed by atoms with E-state index in [0.29, 0.717) is 38.7 Å². The summed E-state index contributed by atoms with van der Waals surface area (Å²) in [4.78, 5) is 16.8. The van der Waals surface area contributed by atoms with Crippen LogP contribution in [-0.4, -0.2) is 21.2 Å². The minimum Gasteiger partial charge on any atom is -0.508 e. The van der Waals surface area contributed by atoms with E-state index < -0.39 is 0 Å². The van der Waals surface area contributed by atoms with Gasteiger partial charge in [0.15, 0.2) is 0 Å². The molecule has 2 heterocycles. The van der Waals surface area contributed by atoms with Gasteiger partial charge in [-0.3, -0.25) is 4.79 Å². The number of rotatable bonds is 4. The summed E-state index contributed by atoms with van der Waals surface area (Å²) >= 11 is 6.13. The molecule has 2 aromatic carbocycles. The quantitative estimate of drug-likeness (QED) is 0.550. The third-order valence-corrected chi connectivity index (χ3v) is 4.39. The first kappa shape index (κ1) is 17.1. The van der Waals surface area contributed by atoms with Gasteiger partial charge in [-0.2, -0.15) is 4.98 Å². The van der Waals surface area contributed by atoms with Crippen molar-refractivity contribution < 1.29 is 18.8 Å². The highest BCUT2D eigenvalue weighted by molar-refractivity contribution is 6.33. The number of halogens is 1. The minimum atomic E-state index is -0.366. The highest BCUT2D eigenvalue weighted by Gasteiger charge is 2.19. The first-order valence-electron chi connectivity index (χ1n) is 8.10. The van der Waals surface area contributed by atoms with Gasteiger partial charge in [-0.15, -0.1) is 0 Å². The van der Waals surface area contributed by atoms with E-state index in [2.05, 4.69) is 15.5 Å². The first-order valence-corrected chi connectivity index (χ1v) is 8.48. The number of phenols is 1. The van der Waals surface area contributed by atoms with Gasteiger partial charge >= 0.3 is 0 Å². The number of benzene rings is 2. The zero-order valence-corrected chi connectivity index (χ0v) is 14.9. The Hall–Kier alpha value is -3.32. The molecule has 0 fully saturated rings. The van der Waals surface area contributed by atoms with Gasteiger partial charge in [-0.05, 0) is 37.3 Å². The molecule has 2 N–H and O–H groups in total. The Bertz CT molecular complexity index is 1150. The highest BCUT2D eigenvalue weighted by Crippen LogP contribution is 2.29. The van der Waals surface area contributed by atoms with Crippen molar-refractivity contribution in [2.45, 2.75) is 13.5 Å². The van der Waals surface area contributed by atoms with E-state index in [1.165, 1.54) is 12.1 Å². The van der Waals surface area contributed by atoms with Crippen LogP contribution in [0.15, 0.2) is 51.4 Å². The van der Waals surface area contributed by atoms with Crippen molar-refractivity contribution in [3.05, 3.63) is 64.7 Å². The van der Waals surface area contributed by atoms with E-state index in [-0.39, 0.29) is 24.1 Å². The summed E-state index contributed by atoms with van der Waals surface area (Å²) in [6, 6.07) is 11.7. The van der Waals surface area contributed by atoms with E-state index in [9.17, 15) is 9.90 Å². The van der Waals surface area contributed by atoms with Crippen LogP contribution < -0.4 is 5.32 Å². The van der Waals surface area contributed by atoms with Crippen LogP contribution in [-0.2, 0) is 6.54 Å². The lowest BCUT2D eigenvalue weighted by atomic mass is 10.1. The molecule has 0 bridgehead atoms. The Kier molecular flexibility index (Phi) is 4.29. The number of fused-ring (bicyclic) bond motifs is 1. The van der Waals surface area contributed by atoms with Gasteiger partial charge in [-0.1, -0.05) is 28.9 Å². The predicted octanol–water partition coefficient (Wildman–Crippen LogP) is 4.08. The molecule has 0 aliphatic carbocycles. The van der Waals surface area contributed by atoms with Gasteiger partial charge in [0.2, 0.25) is 11.7 Å². The van der Waals surface area contributed by atoms with Crippen molar-refractivity contribution in [2.75, 3.05) is 0 Å². The Labute approximate surface area is 158 Å². The average molecular weight is 384 g/mol. The maximum Gasteiger partial charge on any atom is 0.255 e. The van der Waals surface area contributed by atoms with E-state index in [4.69, 9.17) is 20.5 Å². The summed E-state index contributed by atoms with van der Waals surface area (Å²) in [5, 5.41) is 17.3. The van der Waals surface area contributed by atoms with Crippen LogP contribution in [0.25, 0.3) is 22.4 Å². The molecule has 0 saturated heterocycles. The summed E-state index contributed by atoms with van der Waals surface area (Å²) in [5.74, 6) is 0.731. The minimum absolute atomic E-state index is 0.0429. The largest absolute Gasteiger partial charge is 0.508 e. The molecule has 0 saturated carbocycles. The van der Waals surface area contributed by atoms with Crippen molar-refractivity contribution in [3.8, 4) is 17.1 Å². The van der Waals surface area contributed by atoms with Crippen molar-refractivity contribution in [3.63, 3.8) is 0 Å². The molecule has 0 aliphatic heterocycles. The van der Waals surface area contributed by atoms with Gasteiger partial charge in [0.25, 0.3) is 5.91 Å². The normalized spacial score (nSPS) is 11.0. The SMILES string of the molecule is Cc1oc2ccc(O)cc2c1C(=O)NCc1nc(-c2ccccc2Cl)no1. The van der Waals surface area contributed by atoms with Crippen LogP contribution in [0.5, 0.6) is 5.75 Å². The molecule has 4 aromatic rings. The molecule has 1 amide bonds. The molecule has 2 aromatic heterocycles. The van der Waals surface area contributed by atoms with Gasteiger partial charge in [0, 0.05) is 10.9 Å². The van der Waals surface area contributed by atoms with Gasteiger partial charge < -0.3 is 19.4 Å². The second-order valence-corrected chi connectivity index (χ2v) is 6.30. The Morgan fingerprint density at radius 1 is 1.26 bits per heavy atom. The number of phenolic OH excluding ortho intramolecular Hbond substituents is 1. The molecule has 0 spiro atoms. The first-order chi connectivity index (χ1) is 13.0. The molecule has 0 aliphatic rings. The fourth-order valence-electron chi connectivity index (χ4n) is 2.81. The number of carbonyl (C=O) groups is 1. The fourth-order valence-corrected chi connectivity index (χ4v) is 3.03. The summed E-state index contributed by atoms with van der Waals surface area (Å²) in [6.45, 7) is 1.73. The van der Waals surface area contributed by atoms with E-state index in [1.54, 1.807) is 25.1 Å².